The molecule has 3 rings (SSSR count). The number of nitrogens with zero attached hydrogens (tertiary/aromatic N) is 1. The lowest BCUT2D eigenvalue weighted by Gasteiger charge is -2.41. The first kappa shape index (κ1) is 15.3. The van der Waals surface area contributed by atoms with Gasteiger partial charge < -0.3 is 9.88 Å². The lowest BCUT2D eigenvalue weighted by atomic mass is 9.75. The van der Waals surface area contributed by atoms with Crippen molar-refractivity contribution in [2.45, 2.75) is 51.9 Å². The monoisotopic (exact) mass is 302 g/mol. The maximum atomic E-state index is 12.9. The predicted octanol–water partition coefficient (Wildman–Crippen LogP) is 3.15. The molecule has 2 heterocycles. The fourth-order valence-corrected chi connectivity index (χ4v) is 4.09. The highest BCUT2D eigenvalue weighted by atomic mass is 16.2. The summed E-state index contributed by atoms with van der Waals surface area (Å²) >= 11 is 0. The number of fused-ring (bicyclic) bond motifs is 1. The van der Waals surface area contributed by atoms with Gasteiger partial charge in [-0.05, 0) is 36.7 Å². The molecule has 1 N–H and O–H groups in total. The first-order valence-corrected chi connectivity index (χ1v) is 8.58. The molecule has 1 saturated heterocycles. The van der Waals surface area contributed by atoms with Crippen LogP contribution in [0.4, 0.5) is 0 Å². The van der Waals surface area contributed by atoms with E-state index in [1.807, 2.05) is 18.7 Å². The fraction of sp³-hybridized carbons (Fsp3) is 0.667. The molecule has 0 aromatic carbocycles. The number of H-pyrrole nitrogens is 1. The molecule has 1 saturated carbocycles. The Bertz CT molecular complexity index is 605. The highest BCUT2D eigenvalue weighted by molar-refractivity contribution is 5.95. The summed E-state index contributed by atoms with van der Waals surface area (Å²) in [5.74, 6) is 1.72. The van der Waals surface area contributed by atoms with E-state index in [9.17, 15) is 9.59 Å². The van der Waals surface area contributed by atoms with Crippen LogP contribution in [0.15, 0.2) is 16.9 Å². The summed E-state index contributed by atoms with van der Waals surface area (Å²) in [5.41, 5.74) is 1.30. The minimum Gasteiger partial charge on any atom is -0.338 e. The van der Waals surface area contributed by atoms with Gasteiger partial charge in [-0.15, -0.1) is 0 Å². The molecule has 0 unspecified atom stereocenters. The van der Waals surface area contributed by atoms with Gasteiger partial charge in [0.1, 0.15) is 0 Å². The zero-order valence-corrected chi connectivity index (χ0v) is 13.6. The summed E-state index contributed by atoms with van der Waals surface area (Å²) in [7, 11) is 0. The van der Waals surface area contributed by atoms with Crippen LogP contribution in [0.5, 0.6) is 0 Å². The van der Waals surface area contributed by atoms with Crippen molar-refractivity contribution in [1.82, 2.24) is 9.88 Å². The fourth-order valence-electron chi connectivity index (χ4n) is 4.09. The Morgan fingerprint density at radius 1 is 1.18 bits per heavy atom. The van der Waals surface area contributed by atoms with Crippen LogP contribution in [0.1, 0.15) is 67.9 Å². The molecule has 1 aromatic rings. The van der Waals surface area contributed by atoms with E-state index >= 15 is 0 Å². The molecule has 0 spiro atoms. The summed E-state index contributed by atoms with van der Waals surface area (Å²) in [4.78, 5) is 29.3. The Labute approximate surface area is 131 Å². The molecule has 0 radical (unpaired) electrons. The van der Waals surface area contributed by atoms with Crippen molar-refractivity contribution < 1.29 is 4.79 Å². The first-order valence-electron chi connectivity index (χ1n) is 8.58. The predicted molar refractivity (Wildman–Crippen MR) is 87.1 cm³/mol. The lowest BCUT2D eigenvalue weighted by Crippen LogP contribution is -2.45. The maximum Gasteiger partial charge on any atom is 0.255 e. The lowest BCUT2D eigenvalue weighted by molar-refractivity contribution is 0.0519. The molecular formula is C18H26N2O2. The molecule has 120 valence electrons. The van der Waals surface area contributed by atoms with Gasteiger partial charge in [-0.3, -0.25) is 9.59 Å². The quantitative estimate of drug-likeness (QED) is 0.912. The van der Waals surface area contributed by atoms with E-state index in [1.54, 1.807) is 6.07 Å². The molecule has 4 nitrogen and oxygen atoms in total. The van der Waals surface area contributed by atoms with Crippen molar-refractivity contribution in [3.63, 3.8) is 0 Å². The van der Waals surface area contributed by atoms with Gasteiger partial charge in [0.05, 0.1) is 5.56 Å². The highest BCUT2D eigenvalue weighted by Crippen LogP contribution is 2.36. The molecule has 1 aliphatic heterocycles. The van der Waals surface area contributed by atoms with Gasteiger partial charge in [-0.25, -0.2) is 0 Å². The molecule has 2 aliphatic rings. The van der Waals surface area contributed by atoms with Gasteiger partial charge in [0, 0.05) is 24.8 Å². The van der Waals surface area contributed by atoms with Crippen LogP contribution >= 0.6 is 0 Å². The van der Waals surface area contributed by atoms with Crippen molar-refractivity contribution in [3.8, 4) is 0 Å². The van der Waals surface area contributed by atoms with E-state index < -0.39 is 0 Å². The number of amides is 1. The van der Waals surface area contributed by atoms with Crippen LogP contribution in [0.2, 0.25) is 0 Å². The molecule has 2 fully saturated rings. The smallest absolute Gasteiger partial charge is 0.255 e. The Balaban J connectivity index is 1.81. The van der Waals surface area contributed by atoms with Gasteiger partial charge in [-0.2, -0.15) is 0 Å². The van der Waals surface area contributed by atoms with Crippen LogP contribution in [-0.2, 0) is 0 Å². The molecule has 4 heteroatoms. The molecule has 0 bridgehead atoms. The number of rotatable bonds is 2. The second-order valence-corrected chi connectivity index (χ2v) is 7.15. The van der Waals surface area contributed by atoms with Gasteiger partial charge in [0.2, 0.25) is 5.56 Å². The summed E-state index contributed by atoms with van der Waals surface area (Å²) < 4.78 is 0. The van der Waals surface area contributed by atoms with Crippen LogP contribution < -0.4 is 5.56 Å². The Morgan fingerprint density at radius 2 is 1.91 bits per heavy atom. The summed E-state index contributed by atoms with van der Waals surface area (Å²) in [6.07, 6.45) is 6.39. The van der Waals surface area contributed by atoms with Crippen LogP contribution in [0.3, 0.4) is 0 Å². The minimum absolute atomic E-state index is 0.0870. The highest BCUT2D eigenvalue weighted by Gasteiger charge is 2.33. The number of pyridine rings is 1. The van der Waals surface area contributed by atoms with E-state index in [-0.39, 0.29) is 17.4 Å². The Hall–Kier alpha value is -1.58. The summed E-state index contributed by atoms with van der Waals surface area (Å²) in [5, 5.41) is 0. The van der Waals surface area contributed by atoms with Crippen molar-refractivity contribution in [2.24, 2.45) is 11.8 Å². The third-order valence-electron chi connectivity index (χ3n) is 5.34. The van der Waals surface area contributed by atoms with Gasteiger partial charge in [0.25, 0.3) is 5.91 Å². The number of hydrogen-bond acceptors (Lipinski definition) is 2. The number of hydrogen-bond donors (Lipinski definition) is 1. The van der Waals surface area contributed by atoms with Crippen molar-refractivity contribution >= 4 is 5.91 Å². The average molecular weight is 302 g/mol. The normalized spacial score (nSPS) is 25.1. The summed E-state index contributed by atoms with van der Waals surface area (Å²) in [6, 6.07) is 3.16. The topological polar surface area (TPSA) is 53.2 Å². The number of aromatic amines is 1. The zero-order chi connectivity index (χ0) is 15.7. The number of nitrogens with one attached hydrogen (secondary N) is 1. The van der Waals surface area contributed by atoms with Crippen LogP contribution in [0.25, 0.3) is 0 Å². The van der Waals surface area contributed by atoms with E-state index in [2.05, 4.69) is 4.98 Å². The van der Waals surface area contributed by atoms with E-state index in [4.69, 9.17) is 0 Å². The molecular weight excluding hydrogens is 276 g/mol. The molecule has 1 amide bonds. The second kappa shape index (κ2) is 6.27. The first-order chi connectivity index (χ1) is 10.6. The number of carbonyl (C=O) groups is 1. The molecule has 2 atom stereocenters. The second-order valence-electron chi connectivity index (χ2n) is 7.15. The third kappa shape index (κ3) is 2.96. The molecule has 22 heavy (non-hydrogen) atoms. The van der Waals surface area contributed by atoms with Gasteiger partial charge in [-0.1, -0.05) is 33.1 Å². The van der Waals surface area contributed by atoms with Gasteiger partial charge in [0.15, 0.2) is 0 Å². The molecule has 1 aromatic heterocycles. The van der Waals surface area contributed by atoms with Crippen molar-refractivity contribution in [1.29, 1.82) is 0 Å². The van der Waals surface area contributed by atoms with E-state index in [1.165, 1.54) is 31.7 Å². The maximum absolute atomic E-state index is 12.9. The largest absolute Gasteiger partial charge is 0.338 e. The minimum atomic E-state index is -0.133. The molecule has 1 aliphatic carbocycles. The van der Waals surface area contributed by atoms with Crippen LogP contribution in [-0.4, -0.2) is 28.9 Å². The number of aromatic nitrogens is 1. The standard InChI is InChI=1S/C18H26N2O2/c1-12(2)17-15(7-8-16(21)19-17)18(22)20-10-9-13-5-3-4-6-14(13)11-20/h7-8,12-14H,3-6,9-11H2,1-2H3,(H,19,21)/t13-,14-/m0/s1. The van der Waals surface area contributed by atoms with Gasteiger partial charge >= 0.3 is 0 Å². The average Bonchev–Trinajstić information content (AvgIpc) is 2.53. The van der Waals surface area contributed by atoms with Crippen molar-refractivity contribution in [3.05, 3.63) is 33.7 Å². The number of piperidine rings is 1. The Kier molecular flexibility index (Phi) is 4.37. The SMILES string of the molecule is CC(C)c1[nH]c(=O)ccc1C(=O)N1CC[C@@H]2CCCC[C@H]2C1. The Morgan fingerprint density at radius 3 is 2.64 bits per heavy atom. The summed E-state index contributed by atoms with van der Waals surface area (Å²) in [6.45, 7) is 5.77. The van der Waals surface area contributed by atoms with E-state index in [0.717, 1.165) is 31.1 Å². The zero-order valence-electron chi connectivity index (χ0n) is 13.6. The van der Waals surface area contributed by atoms with Crippen molar-refractivity contribution in [2.75, 3.05) is 13.1 Å². The number of carbonyl (C=O) groups excluding carboxylic acids is 1. The van der Waals surface area contributed by atoms with Crippen LogP contribution in [0, 0.1) is 11.8 Å². The number of likely N-dealkylation sites (tertiary alicyclic amines) is 1. The van der Waals surface area contributed by atoms with E-state index in [0.29, 0.717) is 11.5 Å². The third-order valence-corrected chi connectivity index (χ3v) is 5.34.